The molecule has 2 nitrogen and oxygen atoms in total. The number of hydrogen-bond donors (Lipinski definition) is 1. The summed E-state index contributed by atoms with van der Waals surface area (Å²) in [4.78, 5) is 0. The summed E-state index contributed by atoms with van der Waals surface area (Å²) in [6.45, 7) is 2.04. The van der Waals surface area contributed by atoms with E-state index in [9.17, 15) is 5.11 Å². The first-order valence-electron chi connectivity index (χ1n) is 3.62. The molecule has 0 aromatic heterocycles. The SMILES string of the molecule is CC(CO)c1ccc([O])cc1. The molecule has 0 aliphatic rings. The fourth-order valence-corrected chi connectivity index (χ4v) is 0.902. The highest BCUT2D eigenvalue weighted by Gasteiger charge is 2.02. The van der Waals surface area contributed by atoms with Crippen molar-refractivity contribution in [2.24, 2.45) is 0 Å². The zero-order chi connectivity index (χ0) is 8.27. The van der Waals surface area contributed by atoms with Gasteiger partial charge in [-0.05, 0) is 17.7 Å². The molecule has 1 radical (unpaired) electrons. The van der Waals surface area contributed by atoms with Crippen LogP contribution in [0, 0.1) is 0 Å². The molecule has 0 spiro atoms. The van der Waals surface area contributed by atoms with Crippen molar-refractivity contribution in [1.82, 2.24) is 0 Å². The average molecular weight is 151 g/mol. The predicted octanol–water partition coefficient (Wildman–Crippen LogP) is 1.93. The van der Waals surface area contributed by atoms with Crippen LogP contribution < -0.4 is 0 Å². The van der Waals surface area contributed by atoms with E-state index in [1.54, 1.807) is 12.1 Å². The Hall–Kier alpha value is -1.02. The molecule has 2 heteroatoms. The monoisotopic (exact) mass is 151 g/mol. The summed E-state index contributed by atoms with van der Waals surface area (Å²) in [5, 5.41) is 19.4. The lowest BCUT2D eigenvalue weighted by Gasteiger charge is -2.06. The van der Waals surface area contributed by atoms with Gasteiger partial charge in [-0.2, -0.15) is 0 Å². The average Bonchev–Trinajstić information content (AvgIpc) is 2.05. The van der Waals surface area contributed by atoms with Crippen molar-refractivity contribution >= 4 is 0 Å². The van der Waals surface area contributed by atoms with Crippen LogP contribution in [0.15, 0.2) is 24.3 Å². The van der Waals surface area contributed by atoms with E-state index in [4.69, 9.17) is 5.11 Å². The Bertz CT molecular complexity index is 216. The summed E-state index contributed by atoms with van der Waals surface area (Å²) >= 11 is 0. The highest BCUT2D eigenvalue weighted by molar-refractivity contribution is 5.27. The molecule has 1 N–H and O–H groups in total. The van der Waals surface area contributed by atoms with Gasteiger partial charge in [0.15, 0.2) is 5.75 Å². The minimum atomic E-state index is 0.0129. The minimum Gasteiger partial charge on any atom is -0.396 e. The van der Waals surface area contributed by atoms with E-state index in [0.29, 0.717) is 0 Å². The summed E-state index contributed by atoms with van der Waals surface area (Å²) in [7, 11) is 0. The zero-order valence-corrected chi connectivity index (χ0v) is 6.45. The largest absolute Gasteiger partial charge is 0.396 e. The minimum absolute atomic E-state index is 0.0129. The Labute approximate surface area is 66.1 Å². The Morgan fingerprint density at radius 3 is 2.36 bits per heavy atom. The number of rotatable bonds is 2. The summed E-state index contributed by atoms with van der Waals surface area (Å²) < 4.78 is 0. The molecule has 0 aliphatic heterocycles. The van der Waals surface area contributed by atoms with Crippen molar-refractivity contribution in [1.29, 1.82) is 0 Å². The molecule has 0 heterocycles. The van der Waals surface area contributed by atoms with Gasteiger partial charge in [-0.15, -0.1) is 0 Å². The van der Waals surface area contributed by atoms with E-state index in [1.165, 1.54) is 12.1 Å². The van der Waals surface area contributed by atoms with Crippen molar-refractivity contribution in [2.45, 2.75) is 12.8 Å². The Morgan fingerprint density at radius 2 is 1.91 bits per heavy atom. The van der Waals surface area contributed by atoms with Gasteiger partial charge in [0.1, 0.15) is 0 Å². The first-order chi connectivity index (χ1) is 5.24. The second-order valence-electron chi connectivity index (χ2n) is 2.65. The van der Waals surface area contributed by atoms with Crippen LogP contribution in [0.2, 0.25) is 0 Å². The van der Waals surface area contributed by atoms with Gasteiger partial charge < -0.3 is 5.11 Å². The maximum absolute atomic E-state index is 10.7. The van der Waals surface area contributed by atoms with E-state index < -0.39 is 0 Å². The number of hydrogen-bond acceptors (Lipinski definition) is 1. The van der Waals surface area contributed by atoms with Gasteiger partial charge >= 0.3 is 0 Å². The molecule has 11 heavy (non-hydrogen) atoms. The third kappa shape index (κ3) is 1.95. The highest BCUT2D eigenvalue weighted by atomic mass is 16.3. The third-order valence-electron chi connectivity index (χ3n) is 1.72. The van der Waals surface area contributed by atoms with Crippen molar-refractivity contribution in [3.05, 3.63) is 29.8 Å². The predicted molar refractivity (Wildman–Crippen MR) is 42.1 cm³/mol. The molecule has 1 rings (SSSR count). The second kappa shape index (κ2) is 3.39. The van der Waals surface area contributed by atoms with Gasteiger partial charge in [-0.3, -0.25) is 5.11 Å². The van der Waals surface area contributed by atoms with E-state index in [2.05, 4.69) is 0 Å². The van der Waals surface area contributed by atoms with Crippen LogP contribution in [0.5, 0.6) is 5.75 Å². The molecule has 0 aliphatic carbocycles. The van der Waals surface area contributed by atoms with E-state index in [-0.39, 0.29) is 18.3 Å². The van der Waals surface area contributed by atoms with Crippen LogP contribution in [0.3, 0.4) is 0 Å². The van der Waals surface area contributed by atoms with Gasteiger partial charge in [0.25, 0.3) is 0 Å². The maximum atomic E-state index is 10.7. The molecular weight excluding hydrogens is 140 g/mol. The fourth-order valence-electron chi connectivity index (χ4n) is 0.902. The van der Waals surface area contributed by atoms with Gasteiger partial charge in [-0.1, -0.05) is 19.1 Å². The molecule has 1 unspecified atom stereocenters. The molecule has 1 atom stereocenters. The number of benzene rings is 1. The summed E-state index contributed by atoms with van der Waals surface area (Å²) in [6.07, 6.45) is 0. The van der Waals surface area contributed by atoms with Crippen LogP contribution in [0.1, 0.15) is 18.4 Å². The zero-order valence-electron chi connectivity index (χ0n) is 6.45. The Kier molecular flexibility index (Phi) is 2.49. The van der Waals surface area contributed by atoms with Gasteiger partial charge in [-0.25, -0.2) is 0 Å². The summed E-state index contributed by atoms with van der Waals surface area (Å²) in [5.41, 5.74) is 1.01. The maximum Gasteiger partial charge on any atom is 0.178 e. The molecule has 59 valence electrons. The van der Waals surface area contributed by atoms with E-state index >= 15 is 0 Å². The molecule has 0 bridgehead atoms. The third-order valence-corrected chi connectivity index (χ3v) is 1.72. The molecular formula is C9H11O2. The van der Waals surface area contributed by atoms with Crippen molar-refractivity contribution in [3.8, 4) is 5.75 Å². The highest BCUT2D eigenvalue weighted by Crippen LogP contribution is 2.17. The standard InChI is InChI=1S/C9H11O2/c1-7(6-10)8-2-4-9(11)5-3-8/h2-5,7,10H,6H2,1H3. The van der Waals surface area contributed by atoms with Gasteiger partial charge in [0, 0.05) is 12.5 Å². The van der Waals surface area contributed by atoms with Crippen LogP contribution in [-0.4, -0.2) is 11.7 Å². The van der Waals surface area contributed by atoms with Crippen molar-refractivity contribution in [2.75, 3.05) is 6.61 Å². The Morgan fingerprint density at radius 1 is 1.36 bits per heavy atom. The normalized spacial score (nSPS) is 12.9. The quantitative estimate of drug-likeness (QED) is 0.689. The van der Waals surface area contributed by atoms with Gasteiger partial charge in [0.2, 0.25) is 0 Å². The lowest BCUT2D eigenvalue weighted by molar-refractivity contribution is 0.273. The Balaban J connectivity index is 2.81. The first-order valence-corrected chi connectivity index (χ1v) is 3.62. The van der Waals surface area contributed by atoms with Gasteiger partial charge in [0.05, 0.1) is 0 Å². The van der Waals surface area contributed by atoms with E-state index in [0.717, 1.165) is 5.56 Å². The fraction of sp³-hybridized carbons (Fsp3) is 0.333. The molecule has 1 aromatic rings. The van der Waals surface area contributed by atoms with Crippen LogP contribution in [0.25, 0.3) is 0 Å². The van der Waals surface area contributed by atoms with Crippen molar-refractivity contribution < 1.29 is 10.2 Å². The topological polar surface area (TPSA) is 40.1 Å². The number of aliphatic hydroxyl groups excluding tert-OH is 1. The van der Waals surface area contributed by atoms with Crippen LogP contribution in [-0.2, 0) is 5.11 Å². The van der Waals surface area contributed by atoms with Crippen LogP contribution >= 0.6 is 0 Å². The lowest BCUT2D eigenvalue weighted by atomic mass is 10.0. The van der Waals surface area contributed by atoms with Crippen molar-refractivity contribution in [3.63, 3.8) is 0 Å². The summed E-state index contributed by atoms with van der Waals surface area (Å²) in [5.74, 6) is 0.134. The van der Waals surface area contributed by atoms with Crippen LogP contribution in [0.4, 0.5) is 0 Å². The molecule has 0 fully saturated rings. The molecule has 0 amide bonds. The molecule has 0 saturated heterocycles. The molecule has 0 saturated carbocycles. The summed E-state index contributed by atoms with van der Waals surface area (Å²) in [6, 6.07) is 6.54. The number of aliphatic hydroxyl groups is 1. The smallest absolute Gasteiger partial charge is 0.178 e. The lowest BCUT2D eigenvalue weighted by Crippen LogP contribution is -1.97. The van der Waals surface area contributed by atoms with E-state index in [1.807, 2.05) is 6.92 Å². The molecule has 1 aromatic carbocycles. The first kappa shape index (κ1) is 8.08. The second-order valence-corrected chi connectivity index (χ2v) is 2.65.